The van der Waals surface area contributed by atoms with E-state index in [4.69, 9.17) is 18.9 Å². The lowest BCUT2D eigenvalue weighted by Crippen LogP contribution is -2.13. The molecule has 0 amide bonds. The van der Waals surface area contributed by atoms with E-state index in [9.17, 15) is 18.4 Å². The molecule has 0 atom stereocenters. The van der Waals surface area contributed by atoms with Gasteiger partial charge in [-0.25, -0.2) is 18.4 Å². The third-order valence-corrected chi connectivity index (χ3v) is 12.6. The molecule has 6 aromatic rings. The van der Waals surface area contributed by atoms with E-state index < -0.39 is 23.6 Å². The Labute approximate surface area is 425 Å². The number of carbonyl (C=O) groups excluding carboxylic acids is 2. The average molecular weight is 979 g/mol. The average Bonchev–Trinajstić information content (AvgIpc) is 3.39. The molecule has 0 fully saturated rings. The number of hydrogen-bond acceptors (Lipinski definition) is 8. The molecule has 0 N–H and O–H groups in total. The van der Waals surface area contributed by atoms with Crippen LogP contribution in [0.25, 0.3) is 10.8 Å². The van der Waals surface area contributed by atoms with Crippen molar-refractivity contribution in [2.45, 2.75) is 142 Å². The van der Waals surface area contributed by atoms with Gasteiger partial charge in [-0.3, -0.25) is 9.98 Å². The fourth-order valence-corrected chi connectivity index (χ4v) is 8.30. The predicted molar refractivity (Wildman–Crippen MR) is 289 cm³/mol. The smallest absolute Gasteiger partial charge is 0.343 e. The van der Waals surface area contributed by atoms with Crippen LogP contribution in [0.15, 0.2) is 131 Å². The van der Waals surface area contributed by atoms with Crippen molar-refractivity contribution in [2.75, 3.05) is 13.2 Å². The number of aliphatic imine (C=N–C) groups is 2. The van der Waals surface area contributed by atoms with Gasteiger partial charge in [-0.05, 0) is 95.4 Å². The Hall–Kier alpha value is -6.68. The highest BCUT2D eigenvalue weighted by atomic mass is 19.1. The molecule has 0 aliphatic rings. The van der Waals surface area contributed by atoms with E-state index in [1.807, 2.05) is 24.3 Å². The number of hydrogen-bond donors (Lipinski definition) is 0. The molecule has 0 aliphatic carbocycles. The maximum absolute atomic E-state index is 14.9. The van der Waals surface area contributed by atoms with E-state index in [2.05, 4.69) is 23.8 Å². The van der Waals surface area contributed by atoms with Crippen molar-refractivity contribution in [1.82, 2.24) is 0 Å². The van der Waals surface area contributed by atoms with Crippen molar-refractivity contribution in [1.29, 1.82) is 0 Å². The van der Waals surface area contributed by atoms with Crippen LogP contribution in [0.2, 0.25) is 0 Å². The molecule has 8 nitrogen and oxygen atoms in total. The van der Waals surface area contributed by atoms with Crippen molar-refractivity contribution >= 4 is 46.5 Å². The van der Waals surface area contributed by atoms with E-state index in [0.29, 0.717) is 35.7 Å². The first-order chi connectivity index (χ1) is 35.3. The Balaban J connectivity index is 0.964. The van der Waals surface area contributed by atoms with Gasteiger partial charge in [0.15, 0.2) is 34.6 Å². The number of benzene rings is 6. The van der Waals surface area contributed by atoms with Crippen LogP contribution in [0.1, 0.15) is 174 Å². The monoisotopic (exact) mass is 979 g/mol. The highest BCUT2D eigenvalue weighted by Gasteiger charge is 2.18. The van der Waals surface area contributed by atoms with Gasteiger partial charge in [0.05, 0.1) is 35.7 Å². The summed E-state index contributed by atoms with van der Waals surface area (Å²) in [6.07, 6.45) is 27.6. The van der Waals surface area contributed by atoms with Crippen molar-refractivity contribution in [3.8, 4) is 23.0 Å². The van der Waals surface area contributed by atoms with Crippen LogP contribution in [0.4, 0.5) is 20.2 Å². The van der Waals surface area contributed by atoms with Crippen molar-refractivity contribution < 1.29 is 37.3 Å². The van der Waals surface area contributed by atoms with Crippen LogP contribution in [0.5, 0.6) is 23.0 Å². The molecule has 0 radical (unpaired) electrons. The highest BCUT2D eigenvalue weighted by molar-refractivity contribution is 5.96. The summed E-state index contributed by atoms with van der Waals surface area (Å²) in [7, 11) is 0. The van der Waals surface area contributed by atoms with E-state index in [1.54, 1.807) is 97.4 Å². The third kappa shape index (κ3) is 18.8. The maximum atomic E-state index is 14.9. The normalized spacial score (nSPS) is 11.4. The first kappa shape index (κ1) is 54.6. The Kier molecular flexibility index (Phi) is 23.5. The number of nitrogens with zero attached hydrogens (tertiary/aromatic N) is 2. The molecule has 0 aromatic heterocycles. The topological polar surface area (TPSA) is 95.8 Å². The second-order valence-electron chi connectivity index (χ2n) is 18.5. The molecule has 0 unspecified atom stereocenters. The van der Waals surface area contributed by atoms with E-state index in [1.165, 1.54) is 115 Å². The summed E-state index contributed by atoms with van der Waals surface area (Å²) in [5, 5.41) is 1.57. The second-order valence-corrected chi connectivity index (χ2v) is 18.5. The zero-order valence-corrected chi connectivity index (χ0v) is 42.4. The molecule has 0 heterocycles. The van der Waals surface area contributed by atoms with E-state index >= 15 is 0 Å². The van der Waals surface area contributed by atoms with Crippen molar-refractivity contribution in [2.24, 2.45) is 9.98 Å². The molecular weight excluding hydrogens is 907 g/mol. The van der Waals surface area contributed by atoms with Crippen molar-refractivity contribution in [3.05, 3.63) is 155 Å². The van der Waals surface area contributed by atoms with Gasteiger partial charge in [0, 0.05) is 24.6 Å². The number of fused-ring (bicyclic) bond motifs is 1. The molecule has 0 spiro atoms. The number of unbranched alkanes of at least 4 members (excludes halogenated alkanes) is 18. The summed E-state index contributed by atoms with van der Waals surface area (Å²) in [4.78, 5) is 35.8. The summed E-state index contributed by atoms with van der Waals surface area (Å²) in [6.45, 7) is 5.42. The zero-order valence-electron chi connectivity index (χ0n) is 42.4. The largest absolute Gasteiger partial charge is 0.491 e. The SMILES string of the molecule is CCCCCCCCCCCCOc1ccc(N=Cc2ccc(C(=O)Oc3cc4ccccc4cc3OC(=O)c3ccc(C=Nc4ccc(OCCCCCCCCCCCC)c(F)c4)cc3)cc2)cc1F. The predicted octanol–water partition coefficient (Wildman–Crippen LogP) is 17.7. The van der Waals surface area contributed by atoms with E-state index in [-0.39, 0.29) is 34.1 Å². The number of esters is 2. The summed E-state index contributed by atoms with van der Waals surface area (Å²) in [6, 6.07) is 33.3. The molecule has 0 saturated carbocycles. The summed E-state index contributed by atoms with van der Waals surface area (Å²) in [5.41, 5.74) is 2.76. The first-order valence-electron chi connectivity index (χ1n) is 26.4. The minimum absolute atomic E-state index is 0.0712. The Morgan fingerprint density at radius 1 is 0.417 bits per heavy atom. The van der Waals surface area contributed by atoms with Gasteiger partial charge in [-0.15, -0.1) is 0 Å². The van der Waals surface area contributed by atoms with Crippen LogP contribution in [0.3, 0.4) is 0 Å². The zero-order chi connectivity index (χ0) is 50.6. The first-order valence-corrected chi connectivity index (χ1v) is 26.4. The molecule has 6 aromatic carbocycles. The number of rotatable bonds is 32. The van der Waals surface area contributed by atoms with Gasteiger partial charge in [0.25, 0.3) is 0 Å². The van der Waals surface area contributed by atoms with Gasteiger partial charge in [0.1, 0.15) is 0 Å². The standard InChI is InChI=1S/C62H72F2N2O6/c1-3-5-7-9-11-13-15-17-19-23-39-69-57-37-35-53(43-55(57)63)65-45-47-27-31-49(32-28-47)61(67)71-59-41-51-25-21-22-26-52(51)42-60(59)72-62(68)50-33-29-48(30-34-50)46-66-54-36-38-58(56(64)44-54)70-40-24-20-18-16-14-12-10-8-6-4-2/h21-22,25-38,41-46H,3-20,23-24,39-40H2,1-2H3. The lowest BCUT2D eigenvalue weighted by atomic mass is 10.1. The highest BCUT2D eigenvalue weighted by Crippen LogP contribution is 2.34. The number of ether oxygens (including phenoxy) is 4. The number of carbonyl (C=O) groups is 2. The fraction of sp³-hybridized carbons (Fsp3) is 0.387. The Morgan fingerprint density at radius 2 is 0.764 bits per heavy atom. The van der Waals surface area contributed by atoms with Crippen LogP contribution in [0, 0.1) is 11.6 Å². The second kappa shape index (κ2) is 30.9. The summed E-state index contributed by atoms with van der Waals surface area (Å²) < 4.78 is 52.8. The molecular formula is C62H72F2N2O6. The van der Waals surface area contributed by atoms with Crippen LogP contribution < -0.4 is 18.9 Å². The maximum Gasteiger partial charge on any atom is 0.343 e. The lowest BCUT2D eigenvalue weighted by molar-refractivity contribution is 0.0683. The van der Waals surface area contributed by atoms with Gasteiger partial charge in [0.2, 0.25) is 0 Å². The molecule has 0 saturated heterocycles. The summed E-state index contributed by atoms with van der Waals surface area (Å²) >= 11 is 0. The molecule has 10 heteroatoms. The van der Waals surface area contributed by atoms with Crippen LogP contribution >= 0.6 is 0 Å². The van der Waals surface area contributed by atoms with Crippen molar-refractivity contribution in [3.63, 3.8) is 0 Å². The van der Waals surface area contributed by atoms with E-state index in [0.717, 1.165) is 36.5 Å². The molecule has 380 valence electrons. The molecule has 0 bridgehead atoms. The van der Waals surface area contributed by atoms with Gasteiger partial charge in [-0.2, -0.15) is 0 Å². The third-order valence-electron chi connectivity index (χ3n) is 12.6. The lowest BCUT2D eigenvalue weighted by Gasteiger charge is -2.12. The quantitative estimate of drug-likeness (QED) is 0.0181. The van der Waals surface area contributed by atoms with Crippen LogP contribution in [-0.4, -0.2) is 37.6 Å². The minimum Gasteiger partial charge on any atom is -0.491 e. The molecule has 0 aliphatic heterocycles. The van der Waals surface area contributed by atoms with Crippen LogP contribution in [-0.2, 0) is 0 Å². The van der Waals surface area contributed by atoms with Gasteiger partial charge < -0.3 is 18.9 Å². The Bertz CT molecular complexity index is 2470. The Morgan fingerprint density at radius 3 is 1.11 bits per heavy atom. The minimum atomic E-state index is -0.656. The molecule has 72 heavy (non-hydrogen) atoms. The van der Waals surface area contributed by atoms with Gasteiger partial charge in [-0.1, -0.05) is 178 Å². The van der Waals surface area contributed by atoms with Gasteiger partial charge >= 0.3 is 11.9 Å². The summed E-state index contributed by atoms with van der Waals surface area (Å²) in [5.74, 6) is -1.68. The fourth-order valence-electron chi connectivity index (χ4n) is 8.30. The number of halogens is 2. The molecule has 6 rings (SSSR count).